The minimum atomic E-state index is 0.388. The van der Waals surface area contributed by atoms with Crippen LogP contribution in [0.15, 0.2) is 0 Å². The van der Waals surface area contributed by atoms with Crippen LogP contribution in [0.5, 0.6) is 0 Å². The Bertz CT molecular complexity index is 279. The Balaban J connectivity index is 1.53. The van der Waals surface area contributed by atoms with Crippen molar-refractivity contribution in [2.45, 2.75) is 45.4 Å². The lowest BCUT2D eigenvalue weighted by Gasteiger charge is -2.35. The summed E-state index contributed by atoms with van der Waals surface area (Å²) >= 11 is 0. The molecule has 1 heterocycles. The molecule has 0 radical (unpaired) electrons. The molecule has 20 heavy (non-hydrogen) atoms. The molecule has 3 aliphatic rings. The van der Waals surface area contributed by atoms with E-state index in [1.807, 2.05) is 0 Å². The Labute approximate surface area is 124 Å². The van der Waals surface area contributed by atoms with E-state index in [0.717, 1.165) is 38.1 Å². The van der Waals surface area contributed by atoms with E-state index in [9.17, 15) is 0 Å². The number of nitrogens with zero attached hydrogens (tertiary/aromatic N) is 1. The van der Waals surface area contributed by atoms with Gasteiger partial charge in [-0.1, -0.05) is 6.92 Å². The summed E-state index contributed by atoms with van der Waals surface area (Å²) in [5, 5.41) is 3.65. The zero-order valence-corrected chi connectivity index (χ0v) is 13.2. The van der Waals surface area contributed by atoms with Gasteiger partial charge in [0.15, 0.2) is 0 Å². The largest absolute Gasteiger partial charge is 0.381 e. The minimum absolute atomic E-state index is 0.388. The number of rotatable bonds is 10. The smallest absolute Gasteiger partial charge is 0.0547 e. The van der Waals surface area contributed by atoms with Gasteiger partial charge in [-0.05, 0) is 56.9 Å². The van der Waals surface area contributed by atoms with Crippen molar-refractivity contribution in [3.8, 4) is 0 Å². The SMILES string of the molecule is CCCNCC1(CN(CC2CC2)CC2CC2)CCOC1. The van der Waals surface area contributed by atoms with Gasteiger partial charge in [0.05, 0.1) is 6.61 Å². The number of ether oxygens (including phenoxy) is 1. The predicted molar refractivity (Wildman–Crippen MR) is 82.9 cm³/mol. The van der Waals surface area contributed by atoms with Crippen molar-refractivity contribution >= 4 is 0 Å². The summed E-state index contributed by atoms with van der Waals surface area (Å²) in [6.45, 7) is 10.4. The first-order chi connectivity index (χ1) is 9.80. The molecule has 0 aromatic heterocycles. The Morgan fingerprint density at radius 3 is 2.35 bits per heavy atom. The summed E-state index contributed by atoms with van der Waals surface area (Å²) in [6, 6.07) is 0. The Kier molecular flexibility index (Phi) is 5.00. The van der Waals surface area contributed by atoms with Crippen molar-refractivity contribution in [3.05, 3.63) is 0 Å². The second kappa shape index (κ2) is 6.76. The molecular formula is C17H32N2O. The van der Waals surface area contributed by atoms with E-state index in [4.69, 9.17) is 4.74 Å². The highest BCUT2D eigenvalue weighted by molar-refractivity contribution is 4.91. The molecular weight excluding hydrogens is 248 g/mol. The Hall–Kier alpha value is -0.120. The summed E-state index contributed by atoms with van der Waals surface area (Å²) in [5.74, 6) is 2.02. The standard InChI is InChI=1S/C17H32N2O/c1-2-8-18-12-17(7-9-20-14-17)13-19(10-15-3-4-15)11-16-5-6-16/h15-16,18H,2-14H2,1H3. The third-order valence-electron chi connectivity index (χ3n) is 5.10. The monoisotopic (exact) mass is 280 g/mol. The summed E-state index contributed by atoms with van der Waals surface area (Å²) in [7, 11) is 0. The third-order valence-corrected chi connectivity index (χ3v) is 5.10. The van der Waals surface area contributed by atoms with E-state index in [1.54, 1.807) is 0 Å². The van der Waals surface area contributed by atoms with Crippen molar-refractivity contribution < 1.29 is 4.74 Å². The van der Waals surface area contributed by atoms with E-state index < -0.39 is 0 Å². The van der Waals surface area contributed by atoms with Gasteiger partial charge in [0.2, 0.25) is 0 Å². The highest BCUT2D eigenvalue weighted by atomic mass is 16.5. The average Bonchev–Trinajstić information content (AvgIpc) is 3.34. The fourth-order valence-corrected chi connectivity index (χ4v) is 3.51. The summed E-state index contributed by atoms with van der Waals surface area (Å²) < 4.78 is 5.77. The molecule has 0 bridgehead atoms. The zero-order chi connectivity index (χ0) is 13.8. The minimum Gasteiger partial charge on any atom is -0.381 e. The first kappa shape index (κ1) is 14.8. The van der Waals surface area contributed by atoms with Gasteiger partial charge in [-0.15, -0.1) is 0 Å². The zero-order valence-electron chi connectivity index (χ0n) is 13.2. The van der Waals surface area contributed by atoms with E-state index in [-0.39, 0.29) is 0 Å². The van der Waals surface area contributed by atoms with Gasteiger partial charge in [0.1, 0.15) is 0 Å². The molecule has 3 heteroatoms. The van der Waals surface area contributed by atoms with Gasteiger partial charge in [0.25, 0.3) is 0 Å². The first-order valence-corrected chi connectivity index (χ1v) is 8.80. The van der Waals surface area contributed by atoms with E-state index in [1.165, 1.54) is 58.2 Å². The van der Waals surface area contributed by atoms with Gasteiger partial charge >= 0.3 is 0 Å². The van der Waals surface area contributed by atoms with Crippen LogP contribution < -0.4 is 5.32 Å². The maximum absolute atomic E-state index is 5.77. The summed E-state index contributed by atoms with van der Waals surface area (Å²) in [5.41, 5.74) is 0.388. The highest BCUT2D eigenvalue weighted by Gasteiger charge is 2.38. The van der Waals surface area contributed by atoms with E-state index >= 15 is 0 Å². The van der Waals surface area contributed by atoms with Crippen LogP contribution in [0.2, 0.25) is 0 Å². The van der Waals surface area contributed by atoms with Crippen molar-refractivity contribution in [1.29, 1.82) is 0 Å². The van der Waals surface area contributed by atoms with Gasteiger partial charge < -0.3 is 15.0 Å². The number of hydrogen-bond donors (Lipinski definition) is 1. The molecule has 116 valence electrons. The fourth-order valence-electron chi connectivity index (χ4n) is 3.51. The molecule has 1 unspecified atom stereocenters. The van der Waals surface area contributed by atoms with Crippen LogP contribution in [0.4, 0.5) is 0 Å². The van der Waals surface area contributed by atoms with Crippen LogP contribution in [-0.2, 0) is 4.74 Å². The molecule has 1 saturated heterocycles. The second-order valence-corrected chi connectivity index (χ2v) is 7.56. The second-order valence-electron chi connectivity index (χ2n) is 7.56. The Morgan fingerprint density at radius 1 is 1.15 bits per heavy atom. The molecule has 0 aromatic rings. The van der Waals surface area contributed by atoms with Crippen LogP contribution >= 0.6 is 0 Å². The Morgan fingerprint density at radius 2 is 1.85 bits per heavy atom. The molecule has 3 fully saturated rings. The number of hydrogen-bond acceptors (Lipinski definition) is 3. The quantitative estimate of drug-likeness (QED) is 0.622. The van der Waals surface area contributed by atoms with Gasteiger partial charge in [0, 0.05) is 38.2 Å². The molecule has 0 spiro atoms. The summed E-state index contributed by atoms with van der Waals surface area (Å²) in [4.78, 5) is 2.79. The van der Waals surface area contributed by atoms with Crippen LogP contribution in [-0.4, -0.2) is 50.8 Å². The molecule has 2 saturated carbocycles. The first-order valence-electron chi connectivity index (χ1n) is 8.80. The van der Waals surface area contributed by atoms with E-state index in [2.05, 4.69) is 17.1 Å². The van der Waals surface area contributed by atoms with Crippen molar-refractivity contribution in [1.82, 2.24) is 10.2 Å². The maximum Gasteiger partial charge on any atom is 0.0547 e. The molecule has 1 aliphatic heterocycles. The van der Waals surface area contributed by atoms with Crippen LogP contribution in [0.3, 0.4) is 0 Å². The number of nitrogens with one attached hydrogen (secondary N) is 1. The molecule has 2 aliphatic carbocycles. The van der Waals surface area contributed by atoms with Crippen molar-refractivity contribution in [3.63, 3.8) is 0 Å². The lowest BCUT2D eigenvalue weighted by atomic mass is 9.86. The third kappa shape index (κ3) is 4.44. The normalized spacial score (nSPS) is 30.3. The van der Waals surface area contributed by atoms with Gasteiger partial charge in [-0.25, -0.2) is 0 Å². The van der Waals surface area contributed by atoms with Gasteiger partial charge in [-0.2, -0.15) is 0 Å². The molecule has 3 nitrogen and oxygen atoms in total. The predicted octanol–water partition coefficient (Wildman–Crippen LogP) is 2.51. The van der Waals surface area contributed by atoms with Crippen molar-refractivity contribution in [2.75, 3.05) is 45.9 Å². The average molecular weight is 280 g/mol. The lowest BCUT2D eigenvalue weighted by molar-refractivity contribution is 0.103. The van der Waals surface area contributed by atoms with Crippen LogP contribution in [0.25, 0.3) is 0 Å². The molecule has 1 atom stereocenters. The van der Waals surface area contributed by atoms with Gasteiger partial charge in [-0.3, -0.25) is 0 Å². The topological polar surface area (TPSA) is 24.5 Å². The van der Waals surface area contributed by atoms with Crippen LogP contribution in [0, 0.1) is 17.3 Å². The van der Waals surface area contributed by atoms with E-state index in [0.29, 0.717) is 5.41 Å². The molecule has 1 N–H and O–H groups in total. The fraction of sp³-hybridized carbons (Fsp3) is 1.00. The van der Waals surface area contributed by atoms with Crippen LogP contribution in [0.1, 0.15) is 45.4 Å². The van der Waals surface area contributed by atoms with Crippen molar-refractivity contribution in [2.24, 2.45) is 17.3 Å². The summed E-state index contributed by atoms with van der Waals surface area (Å²) in [6.07, 6.45) is 8.36. The molecule has 3 rings (SSSR count). The lowest BCUT2D eigenvalue weighted by Crippen LogP contribution is -2.46. The highest BCUT2D eigenvalue weighted by Crippen LogP contribution is 2.36. The maximum atomic E-state index is 5.77. The molecule has 0 aromatic carbocycles. The molecule has 0 amide bonds.